The van der Waals surface area contributed by atoms with Crippen LogP contribution in [0.15, 0.2) is 36.5 Å². The van der Waals surface area contributed by atoms with Crippen LogP contribution in [-0.2, 0) is 4.79 Å². The standard InChI is InChI=1S/C17H15ClN4O2/c1-24-17-7-6-16-19-15(9-22(16)20-17)13-8-12(4-5-14(13)18)21(10-23)11-2-3-11/h4-11H,2-3H2,1H3. The third-order valence-corrected chi connectivity index (χ3v) is 4.41. The molecule has 2 aromatic heterocycles. The van der Waals surface area contributed by atoms with Crippen molar-refractivity contribution in [2.45, 2.75) is 18.9 Å². The number of imidazole rings is 1. The molecule has 122 valence electrons. The maximum absolute atomic E-state index is 11.4. The van der Waals surface area contributed by atoms with Crippen LogP contribution in [-0.4, -0.2) is 34.2 Å². The van der Waals surface area contributed by atoms with Crippen molar-refractivity contribution < 1.29 is 9.53 Å². The van der Waals surface area contributed by atoms with Crippen LogP contribution in [0.3, 0.4) is 0 Å². The zero-order valence-corrected chi connectivity index (χ0v) is 13.8. The van der Waals surface area contributed by atoms with Crippen molar-refractivity contribution in [3.63, 3.8) is 0 Å². The molecule has 0 saturated heterocycles. The van der Waals surface area contributed by atoms with E-state index < -0.39 is 0 Å². The summed E-state index contributed by atoms with van der Waals surface area (Å²) in [6.07, 6.45) is 4.75. The van der Waals surface area contributed by atoms with Crippen molar-refractivity contribution in [2.75, 3.05) is 12.0 Å². The first kappa shape index (κ1) is 15.0. The van der Waals surface area contributed by atoms with Gasteiger partial charge in [-0.1, -0.05) is 11.6 Å². The highest BCUT2D eigenvalue weighted by Gasteiger charge is 2.29. The summed E-state index contributed by atoms with van der Waals surface area (Å²) in [4.78, 5) is 17.7. The van der Waals surface area contributed by atoms with Crippen LogP contribution < -0.4 is 9.64 Å². The highest BCUT2D eigenvalue weighted by Crippen LogP contribution is 2.35. The molecule has 0 spiro atoms. The first-order chi connectivity index (χ1) is 11.7. The number of carbonyl (C=O) groups is 1. The average molecular weight is 343 g/mol. The number of ether oxygens (including phenoxy) is 1. The molecule has 4 rings (SSSR count). The molecule has 1 aromatic carbocycles. The second-order valence-corrected chi connectivity index (χ2v) is 6.12. The van der Waals surface area contributed by atoms with Gasteiger partial charge in [0.2, 0.25) is 12.3 Å². The topological polar surface area (TPSA) is 59.7 Å². The molecule has 1 aliphatic rings. The highest BCUT2D eigenvalue weighted by atomic mass is 35.5. The summed E-state index contributed by atoms with van der Waals surface area (Å²) >= 11 is 6.36. The van der Waals surface area contributed by atoms with Gasteiger partial charge in [0.05, 0.1) is 24.0 Å². The van der Waals surface area contributed by atoms with E-state index in [1.807, 2.05) is 18.2 Å². The van der Waals surface area contributed by atoms with Crippen LogP contribution in [0.25, 0.3) is 16.9 Å². The number of rotatable bonds is 5. The molecule has 0 atom stereocenters. The van der Waals surface area contributed by atoms with Crippen LogP contribution in [0.1, 0.15) is 12.8 Å². The largest absolute Gasteiger partial charge is 0.480 e. The quantitative estimate of drug-likeness (QED) is 0.668. The lowest BCUT2D eigenvalue weighted by molar-refractivity contribution is -0.107. The van der Waals surface area contributed by atoms with Crippen LogP contribution in [0.4, 0.5) is 5.69 Å². The lowest BCUT2D eigenvalue weighted by Gasteiger charge is -2.17. The van der Waals surface area contributed by atoms with Gasteiger partial charge >= 0.3 is 0 Å². The van der Waals surface area contributed by atoms with Gasteiger partial charge in [0.25, 0.3) is 0 Å². The van der Waals surface area contributed by atoms with Crippen molar-refractivity contribution in [2.24, 2.45) is 0 Å². The SMILES string of the molecule is COc1ccc2nc(-c3cc(N(C=O)C4CC4)ccc3Cl)cn2n1. The van der Waals surface area contributed by atoms with E-state index in [2.05, 4.69) is 10.1 Å². The van der Waals surface area contributed by atoms with E-state index in [1.165, 1.54) is 0 Å². The number of halogens is 1. The van der Waals surface area contributed by atoms with E-state index in [-0.39, 0.29) is 0 Å². The van der Waals surface area contributed by atoms with Crippen molar-refractivity contribution in [1.29, 1.82) is 0 Å². The first-order valence-electron chi connectivity index (χ1n) is 7.63. The van der Waals surface area contributed by atoms with E-state index in [0.717, 1.165) is 30.5 Å². The third kappa shape index (κ3) is 2.59. The second kappa shape index (κ2) is 5.79. The van der Waals surface area contributed by atoms with Crippen LogP contribution in [0, 0.1) is 0 Å². The number of fused-ring (bicyclic) bond motifs is 1. The average Bonchev–Trinajstić information content (AvgIpc) is 3.34. The summed E-state index contributed by atoms with van der Waals surface area (Å²) in [7, 11) is 1.57. The van der Waals surface area contributed by atoms with Crippen molar-refractivity contribution in [3.05, 3.63) is 41.6 Å². The van der Waals surface area contributed by atoms with E-state index in [9.17, 15) is 4.79 Å². The minimum Gasteiger partial charge on any atom is -0.480 e. The summed E-state index contributed by atoms with van der Waals surface area (Å²) in [5.41, 5.74) is 2.99. The molecule has 0 N–H and O–H groups in total. The van der Waals surface area contributed by atoms with Crippen molar-refractivity contribution >= 4 is 29.3 Å². The fraction of sp³-hybridized carbons (Fsp3) is 0.235. The Balaban J connectivity index is 1.79. The minimum atomic E-state index is 0.295. The van der Waals surface area contributed by atoms with Crippen molar-refractivity contribution in [1.82, 2.24) is 14.6 Å². The Bertz CT molecular complexity index is 920. The maximum atomic E-state index is 11.4. The number of methoxy groups -OCH3 is 1. The van der Waals surface area contributed by atoms with E-state index in [0.29, 0.717) is 28.3 Å². The number of hydrogen-bond acceptors (Lipinski definition) is 4. The smallest absolute Gasteiger partial charge is 0.231 e. The minimum absolute atomic E-state index is 0.295. The molecule has 7 heteroatoms. The van der Waals surface area contributed by atoms with Gasteiger partial charge in [-0.2, -0.15) is 0 Å². The number of carbonyl (C=O) groups excluding carboxylic acids is 1. The summed E-state index contributed by atoms with van der Waals surface area (Å²) in [6.45, 7) is 0. The second-order valence-electron chi connectivity index (χ2n) is 5.71. The number of aromatic nitrogens is 3. The maximum Gasteiger partial charge on any atom is 0.231 e. The Morgan fingerprint density at radius 1 is 1.33 bits per heavy atom. The van der Waals surface area contributed by atoms with Gasteiger partial charge in [-0.3, -0.25) is 4.79 Å². The third-order valence-electron chi connectivity index (χ3n) is 4.08. The number of amides is 1. The molecule has 3 aromatic rings. The van der Waals surface area contributed by atoms with Crippen LogP contribution in [0.5, 0.6) is 5.88 Å². The molecule has 0 aliphatic heterocycles. The van der Waals surface area contributed by atoms with Gasteiger partial charge in [-0.05, 0) is 37.1 Å². The monoisotopic (exact) mass is 342 g/mol. The predicted octanol–water partition coefficient (Wildman–Crippen LogP) is 3.18. The Labute approximate surface area is 143 Å². The van der Waals surface area contributed by atoms with Gasteiger partial charge < -0.3 is 9.64 Å². The van der Waals surface area contributed by atoms with E-state index in [1.54, 1.807) is 34.9 Å². The summed E-state index contributed by atoms with van der Waals surface area (Å²) in [6, 6.07) is 9.43. The molecule has 1 fully saturated rings. The molecule has 1 aliphatic carbocycles. The zero-order chi connectivity index (χ0) is 16.7. The Morgan fingerprint density at radius 2 is 2.17 bits per heavy atom. The number of nitrogens with zero attached hydrogens (tertiary/aromatic N) is 4. The molecular formula is C17H15ClN4O2. The zero-order valence-electron chi connectivity index (χ0n) is 13.0. The molecule has 0 bridgehead atoms. The van der Waals surface area contributed by atoms with Gasteiger partial charge in [-0.25, -0.2) is 9.50 Å². The molecular weight excluding hydrogens is 328 g/mol. The Morgan fingerprint density at radius 3 is 2.88 bits per heavy atom. The number of hydrogen-bond donors (Lipinski definition) is 0. The summed E-state index contributed by atoms with van der Waals surface area (Å²) in [5.74, 6) is 0.507. The van der Waals surface area contributed by atoms with Crippen LogP contribution in [0.2, 0.25) is 5.02 Å². The normalized spacial score (nSPS) is 13.9. The summed E-state index contributed by atoms with van der Waals surface area (Å²) < 4.78 is 6.78. The van der Waals surface area contributed by atoms with Crippen molar-refractivity contribution in [3.8, 4) is 17.1 Å². The molecule has 0 radical (unpaired) electrons. The van der Waals surface area contributed by atoms with Gasteiger partial charge in [-0.15, -0.1) is 5.10 Å². The number of benzene rings is 1. The van der Waals surface area contributed by atoms with Crippen LogP contribution >= 0.6 is 11.6 Å². The van der Waals surface area contributed by atoms with E-state index >= 15 is 0 Å². The molecule has 1 saturated carbocycles. The molecule has 2 heterocycles. The number of anilines is 1. The predicted molar refractivity (Wildman–Crippen MR) is 91.6 cm³/mol. The van der Waals surface area contributed by atoms with Gasteiger partial charge in [0.1, 0.15) is 0 Å². The highest BCUT2D eigenvalue weighted by molar-refractivity contribution is 6.33. The molecule has 1 amide bonds. The lowest BCUT2D eigenvalue weighted by Crippen LogP contribution is -2.23. The fourth-order valence-electron chi connectivity index (χ4n) is 2.68. The molecule has 6 nitrogen and oxygen atoms in total. The molecule has 24 heavy (non-hydrogen) atoms. The fourth-order valence-corrected chi connectivity index (χ4v) is 2.90. The lowest BCUT2D eigenvalue weighted by atomic mass is 10.1. The first-order valence-corrected chi connectivity index (χ1v) is 8.01. The Kier molecular flexibility index (Phi) is 3.61. The molecule has 0 unspecified atom stereocenters. The van der Waals surface area contributed by atoms with E-state index in [4.69, 9.17) is 16.3 Å². The van der Waals surface area contributed by atoms with Gasteiger partial charge in [0.15, 0.2) is 5.65 Å². The van der Waals surface area contributed by atoms with Gasteiger partial charge in [0, 0.05) is 23.4 Å². The Hall–Kier alpha value is -2.60. The summed E-state index contributed by atoms with van der Waals surface area (Å²) in [5, 5.41) is 4.88.